The minimum atomic E-state index is -3.64. The first-order chi connectivity index (χ1) is 13.1. The van der Waals surface area contributed by atoms with Gasteiger partial charge in [0.1, 0.15) is 5.75 Å². The van der Waals surface area contributed by atoms with E-state index in [0.717, 1.165) is 0 Å². The molecule has 0 aliphatic heterocycles. The molecule has 0 fully saturated rings. The van der Waals surface area contributed by atoms with Gasteiger partial charge >= 0.3 is 10.1 Å². The summed E-state index contributed by atoms with van der Waals surface area (Å²) < 4.78 is 28.3. The molecular formula is C19H22N2O6S. The van der Waals surface area contributed by atoms with E-state index in [1.165, 1.54) is 37.3 Å². The van der Waals surface area contributed by atoms with Gasteiger partial charge in [-0.2, -0.15) is 8.42 Å². The number of amides is 1. The van der Waals surface area contributed by atoms with Gasteiger partial charge in [0, 0.05) is 30.3 Å². The minimum Gasteiger partial charge on any atom is -0.382 e. The van der Waals surface area contributed by atoms with E-state index in [4.69, 9.17) is 4.18 Å². The van der Waals surface area contributed by atoms with E-state index in [1.54, 1.807) is 23.1 Å². The first kappa shape index (κ1) is 21.4. The average molecular weight is 406 g/mol. The van der Waals surface area contributed by atoms with Gasteiger partial charge in [0.2, 0.25) is 0 Å². The maximum Gasteiger partial charge on any atom is 0.308 e. The second-order valence-corrected chi connectivity index (χ2v) is 8.27. The maximum atomic E-state index is 12.9. The molecule has 8 nitrogen and oxygen atoms in total. The highest BCUT2D eigenvalue weighted by Gasteiger charge is 2.20. The first-order valence-corrected chi connectivity index (χ1v) is 10.3. The molecule has 0 heterocycles. The lowest BCUT2D eigenvalue weighted by Crippen LogP contribution is -2.36. The van der Waals surface area contributed by atoms with Crippen LogP contribution >= 0.6 is 0 Å². The summed E-state index contributed by atoms with van der Waals surface area (Å²) in [6.07, 6.45) is 0. The number of nitrogens with zero attached hydrogens (tertiary/aromatic N) is 2. The number of carbonyl (C=O) groups excluding carboxylic acids is 1. The van der Waals surface area contributed by atoms with Crippen molar-refractivity contribution in [3.8, 4) is 5.75 Å². The molecule has 150 valence electrons. The average Bonchev–Trinajstić information content (AvgIpc) is 2.65. The van der Waals surface area contributed by atoms with E-state index >= 15 is 0 Å². The van der Waals surface area contributed by atoms with Crippen molar-refractivity contribution in [1.82, 2.24) is 4.90 Å². The van der Waals surface area contributed by atoms with E-state index in [-0.39, 0.29) is 35.7 Å². The second kappa shape index (κ2) is 8.83. The molecule has 1 amide bonds. The van der Waals surface area contributed by atoms with Crippen LogP contribution in [0.1, 0.15) is 36.7 Å². The van der Waals surface area contributed by atoms with Crippen molar-refractivity contribution in [2.75, 3.05) is 5.75 Å². The summed E-state index contributed by atoms with van der Waals surface area (Å²) in [6, 6.07) is 11.8. The van der Waals surface area contributed by atoms with Crippen LogP contribution in [-0.4, -0.2) is 35.9 Å². The van der Waals surface area contributed by atoms with E-state index in [0.29, 0.717) is 11.1 Å². The van der Waals surface area contributed by atoms with Crippen molar-refractivity contribution >= 4 is 21.7 Å². The molecule has 0 radical (unpaired) electrons. The van der Waals surface area contributed by atoms with E-state index in [2.05, 4.69) is 0 Å². The number of nitro groups is 1. The van der Waals surface area contributed by atoms with Crippen LogP contribution in [0, 0.1) is 10.1 Å². The Morgan fingerprint density at radius 3 is 2.36 bits per heavy atom. The minimum absolute atomic E-state index is 0.0883. The molecule has 0 aliphatic rings. The number of non-ortho nitro benzene ring substituents is 1. The van der Waals surface area contributed by atoms with Gasteiger partial charge in [-0.1, -0.05) is 12.1 Å². The van der Waals surface area contributed by atoms with Crippen molar-refractivity contribution < 1.29 is 22.3 Å². The normalized spacial score (nSPS) is 11.3. The van der Waals surface area contributed by atoms with E-state index in [9.17, 15) is 23.3 Å². The highest BCUT2D eigenvalue weighted by atomic mass is 32.2. The molecule has 28 heavy (non-hydrogen) atoms. The number of benzene rings is 2. The molecule has 0 atom stereocenters. The summed E-state index contributed by atoms with van der Waals surface area (Å²) in [6.45, 7) is 5.43. The van der Waals surface area contributed by atoms with Crippen LogP contribution in [0.25, 0.3) is 0 Å². The summed E-state index contributed by atoms with van der Waals surface area (Å²) in [7, 11) is -3.64. The Morgan fingerprint density at radius 1 is 1.18 bits per heavy atom. The Hall–Kier alpha value is -2.94. The predicted octanol–water partition coefficient (Wildman–Crippen LogP) is 3.37. The summed E-state index contributed by atoms with van der Waals surface area (Å²) in [5.74, 6) is -0.239. The number of nitro benzene ring substituents is 1. The standard InChI is InChI=1S/C19H22N2O6S/c1-4-28(25,26)27-18-7-5-6-15(12-18)13-20(14(2)3)19(22)16-8-10-17(11-9-16)21(23)24/h5-12,14H,4,13H2,1-3H3. The van der Waals surface area contributed by atoms with Crippen LogP contribution in [0.5, 0.6) is 5.75 Å². The van der Waals surface area contributed by atoms with Gasteiger partial charge in [-0.05, 0) is 50.6 Å². The quantitative estimate of drug-likeness (QED) is 0.378. The summed E-state index contributed by atoms with van der Waals surface area (Å²) in [5.41, 5.74) is 0.947. The molecule has 2 rings (SSSR count). The Labute approximate surface area is 164 Å². The van der Waals surface area contributed by atoms with Gasteiger partial charge in [0.15, 0.2) is 0 Å². The van der Waals surface area contributed by atoms with Crippen LogP contribution in [0.3, 0.4) is 0 Å². The molecule has 2 aromatic carbocycles. The first-order valence-electron chi connectivity index (χ1n) is 8.69. The molecule has 0 aromatic heterocycles. The van der Waals surface area contributed by atoms with Gasteiger partial charge in [0.25, 0.3) is 11.6 Å². The van der Waals surface area contributed by atoms with Gasteiger partial charge in [0.05, 0.1) is 10.7 Å². The smallest absolute Gasteiger partial charge is 0.308 e. The van der Waals surface area contributed by atoms with Crippen LogP contribution in [-0.2, 0) is 16.7 Å². The van der Waals surface area contributed by atoms with Gasteiger partial charge in [-0.15, -0.1) is 0 Å². The highest BCUT2D eigenvalue weighted by molar-refractivity contribution is 7.87. The molecule has 0 unspecified atom stereocenters. The number of hydrogen-bond donors (Lipinski definition) is 0. The van der Waals surface area contributed by atoms with Gasteiger partial charge in [-0.25, -0.2) is 0 Å². The van der Waals surface area contributed by atoms with Crippen LogP contribution in [0.4, 0.5) is 5.69 Å². The maximum absolute atomic E-state index is 12.9. The molecule has 0 bridgehead atoms. The zero-order valence-corrected chi connectivity index (χ0v) is 16.7. The Kier molecular flexibility index (Phi) is 6.74. The molecular weight excluding hydrogens is 384 g/mol. The fourth-order valence-corrected chi connectivity index (χ4v) is 2.99. The van der Waals surface area contributed by atoms with Crippen LogP contribution < -0.4 is 4.18 Å². The lowest BCUT2D eigenvalue weighted by Gasteiger charge is -2.27. The van der Waals surface area contributed by atoms with E-state index < -0.39 is 15.0 Å². The van der Waals surface area contributed by atoms with Crippen molar-refractivity contribution in [2.45, 2.75) is 33.4 Å². The van der Waals surface area contributed by atoms with Crippen molar-refractivity contribution in [3.63, 3.8) is 0 Å². The van der Waals surface area contributed by atoms with Crippen LogP contribution in [0.2, 0.25) is 0 Å². The van der Waals surface area contributed by atoms with Gasteiger partial charge < -0.3 is 9.08 Å². The van der Waals surface area contributed by atoms with Crippen molar-refractivity contribution in [1.29, 1.82) is 0 Å². The Morgan fingerprint density at radius 2 is 1.82 bits per heavy atom. The summed E-state index contributed by atoms with van der Waals surface area (Å²) >= 11 is 0. The molecule has 9 heteroatoms. The number of rotatable bonds is 8. The molecule has 0 aliphatic carbocycles. The molecule has 0 saturated heterocycles. The summed E-state index contributed by atoms with van der Waals surface area (Å²) in [5, 5.41) is 10.8. The second-order valence-electron chi connectivity index (χ2n) is 6.41. The number of hydrogen-bond acceptors (Lipinski definition) is 6. The Balaban J connectivity index is 2.23. The summed E-state index contributed by atoms with van der Waals surface area (Å²) in [4.78, 5) is 24.7. The molecule has 2 aromatic rings. The third kappa shape index (κ3) is 5.53. The molecule has 0 saturated carbocycles. The fraction of sp³-hybridized carbons (Fsp3) is 0.316. The van der Waals surface area contributed by atoms with Crippen LogP contribution in [0.15, 0.2) is 48.5 Å². The largest absolute Gasteiger partial charge is 0.382 e. The van der Waals surface area contributed by atoms with Gasteiger partial charge in [-0.3, -0.25) is 14.9 Å². The predicted molar refractivity (Wildman–Crippen MR) is 105 cm³/mol. The van der Waals surface area contributed by atoms with Crippen molar-refractivity contribution in [2.24, 2.45) is 0 Å². The SMILES string of the molecule is CCS(=O)(=O)Oc1cccc(CN(C(=O)c2ccc([N+](=O)[O-])cc2)C(C)C)c1. The lowest BCUT2D eigenvalue weighted by molar-refractivity contribution is -0.384. The zero-order valence-electron chi connectivity index (χ0n) is 15.9. The fourth-order valence-electron chi connectivity index (χ4n) is 2.48. The topological polar surface area (TPSA) is 107 Å². The molecule has 0 N–H and O–H groups in total. The lowest BCUT2D eigenvalue weighted by atomic mass is 10.1. The van der Waals surface area contributed by atoms with Crippen molar-refractivity contribution in [3.05, 3.63) is 69.8 Å². The number of carbonyl (C=O) groups is 1. The third-order valence-corrected chi connectivity index (χ3v) is 5.19. The highest BCUT2D eigenvalue weighted by Crippen LogP contribution is 2.20. The zero-order chi connectivity index (χ0) is 20.9. The monoisotopic (exact) mass is 406 g/mol. The van der Waals surface area contributed by atoms with E-state index in [1.807, 2.05) is 13.8 Å². The Bertz CT molecular complexity index is 955. The third-order valence-electron chi connectivity index (χ3n) is 4.04. The molecule has 0 spiro atoms.